The molecule has 322 valence electrons. The molecule has 2 nitrogen and oxygen atoms in total. The highest BCUT2D eigenvalue weighted by atomic mass is 15.2. The van der Waals surface area contributed by atoms with Gasteiger partial charge < -0.3 is 9.80 Å². The normalized spacial score (nSPS) is 18.6. The minimum Gasteiger partial charge on any atom is -0.311 e. The highest BCUT2D eigenvalue weighted by Gasteiger charge is 2.49. The summed E-state index contributed by atoms with van der Waals surface area (Å²) in [5, 5.41) is 0. The first-order valence-electron chi connectivity index (χ1n) is 23.8. The van der Waals surface area contributed by atoms with E-state index in [1.807, 2.05) is 0 Å². The van der Waals surface area contributed by atoms with Gasteiger partial charge in [-0.05, 0) is 168 Å². The zero-order valence-corrected chi connectivity index (χ0v) is 41.0. The maximum Gasteiger partial charge on any atom is 0.252 e. The molecule has 0 spiro atoms. The van der Waals surface area contributed by atoms with Crippen LogP contribution in [0.3, 0.4) is 0 Å². The molecule has 0 aromatic heterocycles. The van der Waals surface area contributed by atoms with Crippen LogP contribution in [0.2, 0.25) is 0 Å². The number of aryl methyl sites for hydroxylation is 1. The number of hydrogen-bond acceptors (Lipinski definition) is 2. The standard InChI is InChI=1S/C60H69BN2/c1-37-29-52-54-53(30-37)63(49-26-22-39(55(2,3)4)31-42(49)38-19-17-16-18-20-38)50-32-40(56(5,6)7)21-25-47(50)61(54)48-34-45-46(60(14,15)36-59(45,12)13)35-51(48)62(52)41-23-24-43-44(33-41)58(10,11)28-27-57(43,8)9/h16-26,29-35H,27-28,36H2,1-15H3. The second-order valence-corrected chi connectivity index (χ2v) is 24.6. The molecule has 0 fully saturated rings. The number of fused-ring (bicyclic) bond motifs is 6. The maximum atomic E-state index is 2.69. The quantitative estimate of drug-likeness (QED) is 0.164. The van der Waals surface area contributed by atoms with Crippen LogP contribution in [0.5, 0.6) is 0 Å². The van der Waals surface area contributed by atoms with Gasteiger partial charge in [0, 0.05) is 34.0 Å². The molecule has 63 heavy (non-hydrogen) atoms. The molecular formula is C60H69BN2. The third-order valence-electron chi connectivity index (χ3n) is 15.8. The molecule has 0 saturated heterocycles. The van der Waals surface area contributed by atoms with Gasteiger partial charge in [0.05, 0.1) is 5.69 Å². The van der Waals surface area contributed by atoms with Gasteiger partial charge in [-0.25, -0.2) is 0 Å². The molecule has 0 unspecified atom stereocenters. The summed E-state index contributed by atoms with van der Waals surface area (Å²) >= 11 is 0. The van der Waals surface area contributed by atoms with E-state index in [1.165, 1.54) is 113 Å². The first-order valence-corrected chi connectivity index (χ1v) is 23.8. The zero-order valence-electron chi connectivity index (χ0n) is 41.0. The van der Waals surface area contributed by atoms with E-state index >= 15 is 0 Å². The predicted molar refractivity (Wildman–Crippen MR) is 274 cm³/mol. The molecule has 6 aromatic carbocycles. The van der Waals surface area contributed by atoms with Crippen molar-refractivity contribution in [2.45, 2.75) is 156 Å². The first kappa shape index (κ1) is 42.0. The number of anilines is 6. The summed E-state index contributed by atoms with van der Waals surface area (Å²) in [6.07, 6.45) is 3.52. The van der Waals surface area contributed by atoms with Gasteiger partial charge in [0.1, 0.15) is 0 Å². The average molecular weight is 829 g/mol. The molecule has 4 aliphatic rings. The van der Waals surface area contributed by atoms with Crippen LogP contribution in [0.25, 0.3) is 11.1 Å². The zero-order chi connectivity index (χ0) is 45.0. The van der Waals surface area contributed by atoms with Crippen LogP contribution in [-0.4, -0.2) is 6.71 Å². The predicted octanol–water partition coefficient (Wildman–Crippen LogP) is 14.6. The fourth-order valence-corrected chi connectivity index (χ4v) is 12.4. The van der Waals surface area contributed by atoms with Crippen LogP contribution in [0, 0.1) is 6.92 Å². The van der Waals surface area contributed by atoms with E-state index in [9.17, 15) is 0 Å². The van der Waals surface area contributed by atoms with E-state index < -0.39 is 0 Å². The van der Waals surface area contributed by atoms with Crippen LogP contribution >= 0.6 is 0 Å². The van der Waals surface area contributed by atoms with Crippen LogP contribution in [0.1, 0.15) is 155 Å². The summed E-state index contributed by atoms with van der Waals surface area (Å²) in [5.74, 6) is 0. The van der Waals surface area contributed by atoms with Gasteiger partial charge in [-0.3, -0.25) is 0 Å². The molecule has 0 radical (unpaired) electrons. The second-order valence-electron chi connectivity index (χ2n) is 24.6. The molecule has 0 bridgehead atoms. The third-order valence-corrected chi connectivity index (χ3v) is 15.8. The molecule has 2 aliphatic heterocycles. The SMILES string of the molecule is Cc1cc2c3c(c1)N(c1ccc(C(C)(C)C)cc1-c1ccccc1)c1cc(C(C)(C)C)ccc1B3c1cc3c(cc1N2c1ccc2c(c1)C(C)(C)CCC2(C)C)C(C)(C)CC3(C)C. The lowest BCUT2D eigenvalue weighted by Crippen LogP contribution is -2.61. The van der Waals surface area contributed by atoms with Crippen LogP contribution in [0.4, 0.5) is 34.1 Å². The largest absolute Gasteiger partial charge is 0.311 e. The first-order chi connectivity index (χ1) is 29.4. The Morgan fingerprint density at radius 2 is 1.02 bits per heavy atom. The van der Waals surface area contributed by atoms with Crippen LogP contribution in [0.15, 0.2) is 109 Å². The van der Waals surface area contributed by atoms with E-state index in [-0.39, 0.29) is 39.2 Å². The molecule has 0 atom stereocenters. The third kappa shape index (κ3) is 6.49. The van der Waals surface area contributed by atoms with Gasteiger partial charge in [-0.1, -0.05) is 158 Å². The van der Waals surface area contributed by atoms with Gasteiger partial charge in [0.25, 0.3) is 6.71 Å². The summed E-state index contributed by atoms with van der Waals surface area (Å²) in [4.78, 5) is 5.34. The lowest BCUT2D eigenvalue weighted by Gasteiger charge is -2.46. The van der Waals surface area contributed by atoms with Crippen molar-refractivity contribution in [1.29, 1.82) is 0 Å². The van der Waals surface area contributed by atoms with Crippen LogP contribution in [-0.2, 0) is 32.5 Å². The summed E-state index contributed by atoms with van der Waals surface area (Å²) in [6, 6.07) is 43.6. The number of rotatable bonds is 3. The van der Waals surface area contributed by atoms with E-state index in [0.29, 0.717) is 0 Å². The van der Waals surface area contributed by atoms with Crippen molar-refractivity contribution in [3.8, 4) is 11.1 Å². The maximum absolute atomic E-state index is 2.69. The van der Waals surface area contributed by atoms with E-state index in [1.54, 1.807) is 0 Å². The molecule has 3 heteroatoms. The van der Waals surface area contributed by atoms with Gasteiger partial charge >= 0.3 is 0 Å². The lowest BCUT2D eigenvalue weighted by atomic mass is 9.33. The summed E-state index contributed by atoms with van der Waals surface area (Å²) in [7, 11) is 0. The molecule has 0 saturated carbocycles. The molecule has 0 amide bonds. The van der Waals surface area contributed by atoms with Crippen molar-refractivity contribution in [1.82, 2.24) is 0 Å². The Bertz CT molecular complexity index is 2860. The summed E-state index contributed by atoms with van der Waals surface area (Å²) in [6.45, 7) is 36.1. The van der Waals surface area contributed by atoms with Crippen molar-refractivity contribution in [3.63, 3.8) is 0 Å². The number of nitrogens with zero attached hydrogens (tertiary/aromatic N) is 2. The van der Waals surface area contributed by atoms with Gasteiger partial charge in [-0.15, -0.1) is 0 Å². The van der Waals surface area contributed by atoms with Gasteiger partial charge in [0.2, 0.25) is 0 Å². The number of hydrogen-bond donors (Lipinski definition) is 0. The fourth-order valence-electron chi connectivity index (χ4n) is 12.4. The van der Waals surface area contributed by atoms with Crippen molar-refractivity contribution >= 4 is 57.2 Å². The number of benzene rings is 6. The van der Waals surface area contributed by atoms with Gasteiger partial charge in [0.15, 0.2) is 0 Å². The lowest BCUT2D eigenvalue weighted by molar-refractivity contribution is 0.332. The summed E-state index contributed by atoms with van der Waals surface area (Å²) < 4.78 is 0. The Kier molecular flexibility index (Phi) is 9.00. The van der Waals surface area contributed by atoms with Crippen LogP contribution < -0.4 is 26.2 Å². The second kappa shape index (κ2) is 13.5. The molecule has 0 N–H and O–H groups in total. The Balaban J connectivity index is 1.33. The van der Waals surface area contributed by atoms with Gasteiger partial charge in [-0.2, -0.15) is 0 Å². The molecule has 6 aromatic rings. The minimum absolute atomic E-state index is 0.000331. The molecule has 10 rings (SSSR count). The highest BCUT2D eigenvalue weighted by molar-refractivity contribution is 7.00. The highest BCUT2D eigenvalue weighted by Crippen LogP contribution is 2.54. The Labute approximate surface area is 380 Å². The Hall–Kier alpha value is -5.02. The fraction of sp³-hybridized carbons (Fsp3) is 0.400. The van der Waals surface area contributed by atoms with Crippen molar-refractivity contribution in [3.05, 3.63) is 148 Å². The van der Waals surface area contributed by atoms with Crippen molar-refractivity contribution in [2.24, 2.45) is 0 Å². The van der Waals surface area contributed by atoms with Crippen molar-refractivity contribution < 1.29 is 0 Å². The Morgan fingerprint density at radius 3 is 1.67 bits per heavy atom. The minimum atomic E-state index is -0.0242. The van der Waals surface area contributed by atoms with E-state index in [2.05, 4.69) is 223 Å². The summed E-state index contributed by atoms with van der Waals surface area (Å²) in [5.41, 5.74) is 24.7. The van der Waals surface area contributed by atoms with E-state index in [4.69, 9.17) is 0 Å². The monoisotopic (exact) mass is 829 g/mol. The smallest absolute Gasteiger partial charge is 0.252 e. The Morgan fingerprint density at radius 1 is 0.460 bits per heavy atom. The topological polar surface area (TPSA) is 6.48 Å². The molecule has 2 heterocycles. The van der Waals surface area contributed by atoms with Crippen molar-refractivity contribution in [2.75, 3.05) is 9.80 Å². The molecule has 2 aliphatic carbocycles. The average Bonchev–Trinajstić information content (AvgIpc) is 3.39. The molecular weight excluding hydrogens is 759 g/mol. The van der Waals surface area contributed by atoms with E-state index in [0.717, 1.165) is 6.42 Å².